The minimum atomic E-state index is -1.09. The number of aromatic amines is 2. The van der Waals surface area contributed by atoms with E-state index in [0.29, 0.717) is 17.1 Å². The maximum absolute atomic E-state index is 11.5. The van der Waals surface area contributed by atoms with Crippen LogP contribution in [0.4, 0.5) is 5.69 Å². The Morgan fingerprint density at radius 1 is 1.28 bits per heavy atom. The van der Waals surface area contributed by atoms with E-state index < -0.39 is 21.9 Å². The van der Waals surface area contributed by atoms with E-state index in [2.05, 4.69) is 4.98 Å². The highest BCUT2D eigenvalue weighted by atomic mass is 16.6. The highest BCUT2D eigenvalue weighted by Gasteiger charge is 2.18. The number of nitrogens with one attached hydrogen (secondary N) is 2. The summed E-state index contributed by atoms with van der Waals surface area (Å²) in [5, 5.41) is 19.5. The average Bonchev–Trinajstić information content (AvgIpc) is 2.57. The van der Waals surface area contributed by atoms with Crippen LogP contribution in [0.5, 0.6) is 11.5 Å². The van der Waals surface area contributed by atoms with Gasteiger partial charge >= 0.3 is 16.9 Å². The van der Waals surface area contributed by atoms with Crippen LogP contribution in [-0.4, -0.2) is 28.6 Å². The number of hydrogen-bond acceptors (Lipinski definition) is 7. The van der Waals surface area contributed by atoms with E-state index >= 15 is 0 Å². The van der Waals surface area contributed by atoms with Crippen LogP contribution < -0.4 is 20.7 Å². The maximum Gasteiger partial charge on any atom is 0.357 e. The Labute approximate surface area is 140 Å². The van der Waals surface area contributed by atoms with Gasteiger partial charge in [-0.3, -0.25) is 19.9 Å². The Bertz CT molecular complexity index is 983. The summed E-state index contributed by atoms with van der Waals surface area (Å²) in [7, 11) is 1.42. The first-order valence-electron chi connectivity index (χ1n) is 6.83. The molecule has 0 aliphatic rings. The molecule has 0 aliphatic carbocycles. The third kappa shape index (κ3) is 4.11. The van der Waals surface area contributed by atoms with Crippen molar-refractivity contribution >= 4 is 17.8 Å². The van der Waals surface area contributed by atoms with Crippen LogP contribution in [0.25, 0.3) is 12.2 Å². The molecule has 1 heterocycles. The van der Waals surface area contributed by atoms with Crippen LogP contribution in [-0.2, 0) is 0 Å². The Morgan fingerprint density at radius 2 is 2.04 bits per heavy atom. The van der Waals surface area contributed by atoms with Gasteiger partial charge in [0.15, 0.2) is 18.1 Å². The molecule has 1 aromatic heterocycles. The van der Waals surface area contributed by atoms with Gasteiger partial charge in [-0.2, -0.15) is 5.26 Å². The summed E-state index contributed by atoms with van der Waals surface area (Å²) in [6, 6.07) is 6.58. The van der Waals surface area contributed by atoms with E-state index in [1.54, 1.807) is 23.2 Å². The minimum absolute atomic E-state index is 0.147. The molecule has 0 aliphatic heterocycles. The lowest BCUT2D eigenvalue weighted by molar-refractivity contribution is -0.386. The van der Waals surface area contributed by atoms with Gasteiger partial charge in [0.05, 0.1) is 12.0 Å². The van der Waals surface area contributed by atoms with Gasteiger partial charge in [0.1, 0.15) is 11.8 Å². The number of methoxy groups -OCH3 is 1. The molecule has 0 unspecified atom stereocenters. The number of ether oxygens (including phenoxy) is 2. The number of benzene rings is 1. The summed E-state index contributed by atoms with van der Waals surface area (Å²) in [5.41, 5.74) is -2.38. The molecule has 128 valence electrons. The first-order chi connectivity index (χ1) is 12.0. The van der Waals surface area contributed by atoms with Crippen LogP contribution in [0, 0.1) is 21.4 Å². The SMILES string of the molecule is COc1cc(/C=C/c2[nH]c(=O)[nH]c(=O)c2[N+](=O)[O-])ccc1OCC#N. The van der Waals surface area contributed by atoms with E-state index in [4.69, 9.17) is 14.7 Å². The fourth-order valence-electron chi connectivity index (χ4n) is 2.00. The topological polar surface area (TPSA) is 151 Å². The summed E-state index contributed by atoms with van der Waals surface area (Å²) in [6.45, 7) is -0.147. The second kappa shape index (κ2) is 7.60. The summed E-state index contributed by atoms with van der Waals surface area (Å²) in [6.07, 6.45) is 2.69. The molecular weight excluding hydrogens is 332 g/mol. The summed E-state index contributed by atoms with van der Waals surface area (Å²) in [5.74, 6) is 0.711. The molecule has 0 spiro atoms. The Balaban J connectivity index is 2.40. The van der Waals surface area contributed by atoms with E-state index in [1.165, 1.54) is 19.3 Å². The van der Waals surface area contributed by atoms with Gasteiger partial charge in [-0.1, -0.05) is 12.1 Å². The highest BCUT2D eigenvalue weighted by Crippen LogP contribution is 2.28. The predicted octanol–water partition coefficient (Wildman–Crippen LogP) is 1.05. The molecule has 25 heavy (non-hydrogen) atoms. The number of hydrogen-bond donors (Lipinski definition) is 2. The van der Waals surface area contributed by atoms with Crippen LogP contribution in [0.15, 0.2) is 27.8 Å². The summed E-state index contributed by atoms with van der Waals surface area (Å²) < 4.78 is 10.3. The number of rotatable bonds is 6. The van der Waals surface area contributed by atoms with E-state index in [-0.39, 0.29) is 12.3 Å². The summed E-state index contributed by atoms with van der Waals surface area (Å²) in [4.78, 5) is 37.0. The molecule has 0 atom stereocenters. The molecule has 1 aromatic carbocycles. The minimum Gasteiger partial charge on any atom is -0.493 e. The molecule has 0 saturated carbocycles. The van der Waals surface area contributed by atoms with Gasteiger partial charge in [0.2, 0.25) is 0 Å². The first-order valence-corrected chi connectivity index (χ1v) is 6.83. The molecule has 0 bridgehead atoms. The summed E-state index contributed by atoms with van der Waals surface area (Å²) >= 11 is 0. The van der Waals surface area contributed by atoms with E-state index in [9.17, 15) is 19.7 Å². The van der Waals surface area contributed by atoms with Gasteiger partial charge in [-0.05, 0) is 23.8 Å². The number of nitro groups is 1. The quantitative estimate of drug-likeness (QED) is 0.587. The standard InChI is InChI=1S/C15H12N4O6/c1-24-12-8-9(3-5-11(12)25-7-6-16)2-4-10-13(19(22)23)14(20)18-15(21)17-10/h2-5,8H,7H2,1H3,(H2,17,18,20,21)/b4-2+. The molecule has 0 fully saturated rings. The van der Waals surface area contributed by atoms with Crippen molar-refractivity contribution < 1.29 is 14.4 Å². The van der Waals surface area contributed by atoms with E-state index in [0.717, 1.165) is 0 Å². The van der Waals surface area contributed by atoms with Crippen molar-refractivity contribution in [2.24, 2.45) is 0 Å². The van der Waals surface area contributed by atoms with Gasteiger partial charge < -0.3 is 14.5 Å². The zero-order chi connectivity index (χ0) is 18.4. The third-order valence-electron chi connectivity index (χ3n) is 3.05. The Hall–Kier alpha value is -3.87. The van der Waals surface area contributed by atoms with Crippen LogP contribution in [0.2, 0.25) is 0 Å². The Morgan fingerprint density at radius 3 is 2.68 bits per heavy atom. The highest BCUT2D eigenvalue weighted by molar-refractivity contribution is 5.72. The number of H-pyrrole nitrogens is 2. The fourth-order valence-corrected chi connectivity index (χ4v) is 2.00. The van der Waals surface area contributed by atoms with Crippen molar-refractivity contribution in [3.63, 3.8) is 0 Å². The smallest absolute Gasteiger partial charge is 0.357 e. The second-order valence-electron chi connectivity index (χ2n) is 4.62. The van der Waals surface area contributed by atoms with Crippen molar-refractivity contribution in [1.29, 1.82) is 5.26 Å². The molecule has 0 amide bonds. The van der Waals surface area contributed by atoms with Crippen molar-refractivity contribution in [2.75, 3.05) is 13.7 Å². The maximum atomic E-state index is 11.5. The van der Waals surface area contributed by atoms with Crippen molar-refractivity contribution in [2.45, 2.75) is 0 Å². The van der Waals surface area contributed by atoms with Gasteiger partial charge in [0, 0.05) is 0 Å². The third-order valence-corrected chi connectivity index (χ3v) is 3.05. The number of nitriles is 1. The predicted molar refractivity (Wildman–Crippen MR) is 87.4 cm³/mol. The number of nitrogens with zero attached hydrogens (tertiary/aromatic N) is 2. The van der Waals surface area contributed by atoms with Crippen molar-refractivity contribution in [3.8, 4) is 17.6 Å². The second-order valence-corrected chi connectivity index (χ2v) is 4.62. The average molecular weight is 344 g/mol. The monoisotopic (exact) mass is 344 g/mol. The van der Waals surface area contributed by atoms with Crippen LogP contribution in [0.3, 0.4) is 0 Å². The lowest BCUT2D eigenvalue weighted by atomic mass is 10.1. The van der Waals surface area contributed by atoms with Crippen LogP contribution >= 0.6 is 0 Å². The first kappa shape index (κ1) is 17.5. The lowest BCUT2D eigenvalue weighted by Gasteiger charge is -2.08. The zero-order valence-corrected chi connectivity index (χ0v) is 12.9. The fraction of sp³-hybridized carbons (Fsp3) is 0.133. The molecule has 10 heteroatoms. The van der Waals surface area contributed by atoms with E-state index in [1.807, 2.05) is 6.07 Å². The molecule has 2 aromatic rings. The normalized spacial score (nSPS) is 10.4. The molecule has 2 N–H and O–H groups in total. The molecule has 0 saturated heterocycles. The van der Waals surface area contributed by atoms with Gasteiger partial charge in [-0.15, -0.1) is 0 Å². The number of aromatic nitrogens is 2. The molecule has 0 radical (unpaired) electrons. The molecular formula is C15H12N4O6. The van der Waals surface area contributed by atoms with Crippen molar-refractivity contribution in [1.82, 2.24) is 9.97 Å². The van der Waals surface area contributed by atoms with Gasteiger partial charge in [0.25, 0.3) is 0 Å². The molecule has 2 rings (SSSR count). The molecule has 10 nitrogen and oxygen atoms in total. The Kier molecular flexibility index (Phi) is 5.32. The lowest BCUT2D eigenvalue weighted by Crippen LogP contribution is -2.25. The van der Waals surface area contributed by atoms with Crippen LogP contribution in [0.1, 0.15) is 11.3 Å². The van der Waals surface area contributed by atoms with Gasteiger partial charge in [-0.25, -0.2) is 4.79 Å². The largest absolute Gasteiger partial charge is 0.493 e. The van der Waals surface area contributed by atoms with Crippen molar-refractivity contribution in [3.05, 3.63) is 60.4 Å². The zero-order valence-electron chi connectivity index (χ0n) is 12.9.